The maximum absolute atomic E-state index is 11.2. The zero-order valence-corrected chi connectivity index (χ0v) is 12.1. The standard InChI is InChI=1S/C16H17NO2S/c1-2-8-20-14-10-12(16(18)19)9-13(17)15(14)11-6-4-3-5-7-11/h3-7,9-10H,2,8,17H2,1H3,(H,18,19). The Kier molecular flexibility index (Phi) is 4.69. The van der Waals surface area contributed by atoms with E-state index in [9.17, 15) is 4.79 Å². The lowest BCUT2D eigenvalue weighted by atomic mass is 10.0. The minimum atomic E-state index is -0.949. The minimum Gasteiger partial charge on any atom is -0.478 e. The third kappa shape index (κ3) is 3.14. The van der Waals surface area contributed by atoms with Gasteiger partial charge < -0.3 is 10.8 Å². The lowest BCUT2D eigenvalue weighted by molar-refractivity contribution is 0.0696. The highest BCUT2D eigenvalue weighted by atomic mass is 32.2. The minimum absolute atomic E-state index is 0.237. The first-order valence-corrected chi connectivity index (χ1v) is 7.47. The highest BCUT2D eigenvalue weighted by Crippen LogP contribution is 2.37. The molecule has 2 rings (SSSR count). The molecule has 3 N–H and O–H groups in total. The second-order valence-electron chi connectivity index (χ2n) is 4.46. The fourth-order valence-electron chi connectivity index (χ4n) is 2.00. The van der Waals surface area contributed by atoms with Crippen LogP contribution in [0.3, 0.4) is 0 Å². The van der Waals surface area contributed by atoms with Gasteiger partial charge in [-0.25, -0.2) is 4.79 Å². The molecule has 20 heavy (non-hydrogen) atoms. The van der Waals surface area contributed by atoms with Crippen LogP contribution in [0.4, 0.5) is 5.69 Å². The summed E-state index contributed by atoms with van der Waals surface area (Å²) in [5.74, 6) is -0.0165. The zero-order chi connectivity index (χ0) is 14.5. The predicted octanol–water partition coefficient (Wildman–Crippen LogP) is 4.14. The molecule has 0 aliphatic rings. The van der Waals surface area contributed by atoms with Crippen molar-refractivity contribution in [1.29, 1.82) is 0 Å². The van der Waals surface area contributed by atoms with E-state index in [-0.39, 0.29) is 5.56 Å². The topological polar surface area (TPSA) is 63.3 Å². The normalized spacial score (nSPS) is 10.4. The number of thioether (sulfide) groups is 1. The number of carboxylic acid groups (broad SMARTS) is 1. The molecule has 0 aromatic heterocycles. The molecule has 0 saturated heterocycles. The summed E-state index contributed by atoms with van der Waals surface area (Å²) in [5, 5.41) is 9.16. The van der Waals surface area contributed by atoms with Gasteiger partial charge in [-0.1, -0.05) is 37.3 Å². The number of aromatic carboxylic acids is 1. The molecule has 0 heterocycles. The molecule has 0 bridgehead atoms. The second kappa shape index (κ2) is 6.48. The third-order valence-corrected chi connectivity index (χ3v) is 4.15. The van der Waals surface area contributed by atoms with Crippen molar-refractivity contribution in [1.82, 2.24) is 0 Å². The number of hydrogen-bond donors (Lipinski definition) is 2. The van der Waals surface area contributed by atoms with Crippen LogP contribution in [0.25, 0.3) is 11.1 Å². The van der Waals surface area contributed by atoms with Crippen molar-refractivity contribution in [3.05, 3.63) is 48.0 Å². The molecular formula is C16H17NO2S. The summed E-state index contributed by atoms with van der Waals surface area (Å²) in [5.41, 5.74) is 8.77. The van der Waals surface area contributed by atoms with E-state index in [1.54, 1.807) is 17.8 Å². The number of hydrogen-bond acceptors (Lipinski definition) is 3. The number of nitrogen functional groups attached to an aromatic ring is 1. The largest absolute Gasteiger partial charge is 0.478 e. The molecule has 3 nitrogen and oxygen atoms in total. The monoisotopic (exact) mass is 287 g/mol. The number of carboxylic acids is 1. The molecule has 0 fully saturated rings. The summed E-state index contributed by atoms with van der Waals surface area (Å²) in [7, 11) is 0. The van der Waals surface area contributed by atoms with Crippen molar-refractivity contribution in [3.63, 3.8) is 0 Å². The van der Waals surface area contributed by atoms with Gasteiger partial charge in [-0.3, -0.25) is 0 Å². The van der Waals surface area contributed by atoms with Gasteiger partial charge >= 0.3 is 5.97 Å². The molecule has 0 spiro atoms. The van der Waals surface area contributed by atoms with Crippen molar-refractivity contribution in [2.45, 2.75) is 18.2 Å². The van der Waals surface area contributed by atoms with Gasteiger partial charge in [0.05, 0.1) is 5.56 Å². The van der Waals surface area contributed by atoms with Gasteiger partial charge in [-0.05, 0) is 29.9 Å². The van der Waals surface area contributed by atoms with Crippen molar-refractivity contribution in [3.8, 4) is 11.1 Å². The SMILES string of the molecule is CCCSc1cc(C(=O)O)cc(N)c1-c1ccccc1. The second-order valence-corrected chi connectivity index (χ2v) is 5.59. The first kappa shape index (κ1) is 14.5. The van der Waals surface area contributed by atoms with Gasteiger partial charge in [-0.15, -0.1) is 11.8 Å². The first-order chi connectivity index (χ1) is 9.63. The summed E-state index contributed by atoms with van der Waals surface area (Å²) in [6.07, 6.45) is 1.02. The van der Waals surface area contributed by atoms with Gasteiger partial charge in [-0.2, -0.15) is 0 Å². The summed E-state index contributed by atoms with van der Waals surface area (Å²) in [4.78, 5) is 12.1. The number of anilines is 1. The summed E-state index contributed by atoms with van der Waals surface area (Å²) < 4.78 is 0. The van der Waals surface area contributed by atoms with E-state index in [0.29, 0.717) is 5.69 Å². The van der Waals surface area contributed by atoms with E-state index >= 15 is 0 Å². The molecular weight excluding hydrogens is 270 g/mol. The molecule has 0 unspecified atom stereocenters. The van der Waals surface area contributed by atoms with Gasteiger partial charge in [0.1, 0.15) is 0 Å². The molecule has 4 heteroatoms. The lowest BCUT2D eigenvalue weighted by Crippen LogP contribution is -2.01. The van der Waals surface area contributed by atoms with Crippen LogP contribution in [0, 0.1) is 0 Å². The van der Waals surface area contributed by atoms with Crippen LogP contribution in [0.15, 0.2) is 47.4 Å². The van der Waals surface area contributed by atoms with Gasteiger partial charge in [0.25, 0.3) is 0 Å². The summed E-state index contributed by atoms with van der Waals surface area (Å²) in [6, 6.07) is 13.1. The molecule has 0 atom stereocenters. The Balaban J connectivity index is 2.56. The molecule has 0 radical (unpaired) electrons. The van der Waals surface area contributed by atoms with Crippen molar-refractivity contribution < 1.29 is 9.90 Å². The zero-order valence-electron chi connectivity index (χ0n) is 11.3. The highest BCUT2D eigenvalue weighted by molar-refractivity contribution is 7.99. The third-order valence-electron chi connectivity index (χ3n) is 2.90. The number of benzene rings is 2. The van der Waals surface area contributed by atoms with E-state index in [2.05, 4.69) is 6.92 Å². The van der Waals surface area contributed by atoms with Crippen molar-refractivity contribution in [2.24, 2.45) is 0 Å². The van der Waals surface area contributed by atoms with E-state index in [4.69, 9.17) is 10.8 Å². The predicted molar refractivity (Wildman–Crippen MR) is 84.3 cm³/mol. The van der Waals surface area contributed by atoms with E-state index in [1.807, 2.05) is 30.3 Å². The lowest BCUT2D eigenvalue weighted by Gasteiger charge is -2.13. The van der Waals surface area contributed by atoms with Crippen LogP contribution >= 0.6 is 11.8 Å². The van der Waals surface area contributed by atoms with Crippen LogP contribution in [0.2, 0.25) is 0 Å². The van der Waals surface area contributed by atoms with E-state index in [0.717, 1.165) is 28.2 Å². The molecule has 0 aliphatic heterocycles. The molecule has 0 aliphatic carbocycles. The smallest absolute Gasteiger partial charge is 0.335 e. The molecule has 2 aromatic carbocycles. The first-order valence-electron chi connectivity index (χ1n) is 6.48. The van der Waals surface area contributed by atoms with Crippen LogP contribution in [-0.4, -0.2) is 16.8 Å². The van der Waals surface area contributed by atoms with Crippen molar-refractivity contribution in [2.75, 3.05) is 11.5 Å². The van der Waals surface area contributed by atoms with Crippen LogP contribution in [0.5, 0.6) is 0 Å². The summed E-state index contributed by atoms with van der Waals surface area (Å²) >= 11 is 1.64. The van der Waals surface area contributed by atoms with E-state index in [1.165, 1.54) is 6.07 Å². The molecule has 2 aromatic rings. The maximum Gasteiger partial charge on any atom is 0.335 e. The fourth-order valence-corrected chi connectivity index (χ4v) is 3.01. The Hall–Kier alpha value is -1.94. The molecule has 0 amide bonds. The Morgan fingerprint density at radius 2 is 1.95 bits per heavy atom. The molecule has 0 saturated carbocycles. The Labute approximate surface area is 122 Å². The van der Waals surface area contributed by atoms with Gasteiger partial charge in [0.15, 0.2) is 0 Å². The van der Waals surface area contributed by atoms with Gasteiger partial charge in [0.2, 0.25) is 0 Å². The maximum atomic E-state index is 11.2. The number of rotatable bonds is 5. The Morgan fingerprint density at radius 1 is 1.25 bits per heavy atom. The summed E-state index contributed by atoms with van der Waals surface area (Å²) in [6.45, 7) is 2.10. The van der Waals surface area contributed by atoms with Crippen molar-refractivity contribution >= 4 is 23.4 Å². The number of carbonyl (C=O) groups is 1. The van der Waals surface area contributed by atoms with Crippen LogP contribution < -0.4 is 5.73 Å². The molecule has 104 valence electrons. The van der Waals surface area contributed by atoms with Crippen LogP contribution in [0.1, 0.15) is 23.7 Å². The highest BCUT2D eigenvalue weighted by Gasteiger charge is 2.14. The Morgan fingerprint density at radius 3 is 2.55 bits per heavy atom. The fraction of sp³-hybridized carbons (Fsp3) is 0.188. The number of nitrogens with two attached hydrogens (primary N) is 1. The van der Waals surface area contributed by atoms with Gasteiger partial charge in [0, 0.05) is 16.1 Å². The van der Waals surface area contributed by atoms with Crippen LogP contribution in [-0.2, 0) is 0 Å². The average molecular weight is 287 g/mol. The quantitative estimate of drug-likeness (QED) is 0.641. The Bertz CT molecular complexity index is 611. The van der Waals surface area contributed by atoms with E-state index < -0.39 is 5.97 Å². The average Bonchev–Trinajstić information content (AvgIpc) is 2.45.